The molecule has 1 aromatic rings. The zero-order chi connectivity index (χ0) is 18.1. The van der Waals surface area contributed by atoms with Crippen molar-refractivity contribution in [2.45, 2.75) is 63.5 Å². The lowest BCUT2D eigenvalue weighted by Crippen LogP contribution is -3.19. The number of benzene rings is 1. The smallest absolute Gasteiger partial charge is 0.319 e. The molecule has 1 saturated carbocycles. The molecule has 1 aliphatic carbocycles. The maximum absolute atomic E-state index is 13.3. The van der Waals surface area contributed by atoms with E-state index in [4.69, 9.17) is 0 Å². The highest BCUT2D eigenvalue weighted by atomic mass is 16.2. The third-order valence-corrected chi connectivity index (χ3v) is 6.84. The summed E-state index contributed by atoms with van der Waals surface area (Å²) in [6.45, 7) is 3.56. The van der Waals surface area contributed by atoms with E-state index in [0.29, 0.717) is 19.1 Å². The van der Waals surface area contributed by atoms with Crippen LogP contribution in [0.5, 0.6) is 0 Å². The van der Waals surface area contributed by atoms with E-state index in [-0.39, 0.29) is 11.9 Å². The fourth-order valence-corrected chi connectivity index (χ4v) is 5.40. The average molecular weight is 356 g/mol. The number of carbonyl (C=O) groups excluding carboxylic acids is 2. The van der Waals surface area contributed by atoms with E-state index in [0.717, 1.165) is 18.0 Å². The van der Waals surface area contributed by atoms with Gasteiger partial charge in [0, 0.05) is 5.92 Å². The summed E-state index contributed by atoms with van der Waals surface area (Å²) in [4.78, 5) is 29.0. The minimum atomic E-state index is -0.903. The third-order valence-electron chi connectivity index (χ3n) is 6.84. The van der Waals surface area contributed by atoms with Crippen LogP contribution in [0.2, 0.25) is 0 Å². The van der Waals surface area contributed by atoms with E-state index >= 15 is 0 Å². The highest BCUT2D eigenvalue weighted by Gasteiger charge is 2.53. The number of hydrogen-bond acceptors (Lipinski definition) is 2. The van der Waals surface area contributed by atoms with Crippen molar-refractivity contribution >= 4 is 11.9 Å². The Morgan fingerprint density at radius 2 is 1.85 bits per heavy atom. The fourth-order valence-electron chi connectivity index (χ4n) is 5.40. The van der Waals surface area contributed by atoms with Crippen LogP contribution in [0.25, 0.3) is 0 Å². The first-order valence-electron chi connectivity index (χ1n) is 10.2. The van der Waals surface area contributed by atoms with Gasteiger partial charge >= 0.3 is 6.03 Å². The lowest BCUT2D eigenvalue weighted by atomic mass is 9.78. The van der Waals surface area contributed by atoms with Gasteiger partial charge in [0.15, 0.2) is 6.67 Å². The van der Waals surface area contributed by atoms with Crippen LogP contribution < -0.4 is 10.2 Å². The lowest BCUT2D eigenvalue weighted by Gasteiger charge is -2.42. The van der Waals surface area contributed by atoms with Gasteiger partial charge in [-0.3, -0.25) is 4.79 Å². The molecule has 26 heavy (non-hydrogen) atoms. The van der Waals surface area contributed by atoms with Crippen molar-refractivity contribution in [3.8, 4) is 0 Å². The number of quaternary nitrogens is 1. The molecule has 5 nitrogen and oxygen atoms in total. The Kier molecular flexibility index (Phi) is 4.74. The van der Waals surface area contributed by atoms with E-state index in [1.165, 1.54) is 48.3 Å². The summed E-state index contributed by atoms with van der Waals surface area (Å²) >= 11 is 0. The van der Waals surface area contributed by atoms with Crippen LogP contribution >= 0.6 is 0 Å². The van der Waals surface area contributed by atoms with Crippen molar-refractivity contribution in [2.24, 2.45) is 5.92 Å². The molecular formula is C21H30N3O2+. The zero-order valence-electron chi connectivity index (χ0n) is 15.7. The summed E-state index contributed by atoms with van der Waals surface area (Å²) in [5.74, 6) is 0.694. The molecule has 1 aromatic carbocycles. The molecule has 1 unspecified atom stereocenters. The predicted octanol–water partition coefficient (Wildman–Crippen LogP) is 2.04. The number of hydrogen-bond donors (Lipinski definition) is 2. The monoisotopic (exact) mass is 356 g/mol. The van der Waals surface area contributed by atoms with Gasteiger partial charge in [-0.1, -0.05) is 43.7 Å². The zero-order valence-corrected chi connectivity index (χ0v) is 15.7. The number of imide groups is 1. The molecule has 0 bridgehead atoms. The van der Waals surface area contributed by atoms with Crippen LogP contribution in [0.1, 0.15) is 57.4 Å². The highest BCUT2D eigenvalue weighted by molar-refractivity contribution is 6.07. The summed E-state index contributed by atoms with van der Waals surface area (Å²) in [5.41, 5.74) is -0.0213. The standard InChI is InChI=1S/C21H29N3O2/c1-2-21(17-11-4-3-5-12-17)19(25)24(20(26)22-21)15-23-14-8-10-16-9-6-7-13-18(16)23/h3-5,11-12,16,18H,2,6-10,13-15H2,1H3,(H,22,26)/p+1/t16-,18+,21+/m1/s1. The van der Waals surface area contributed by atoms with Crippen LogP contribution in [-0.4, -0.2) is 36.1 Å². The summed E-state index contributed by atoms with van der Waals surface area (Å²) in [5, 5.41) is 3.02. The van der Waals surface area contributed by atoms with Gasteiger partial charge in [-0.2, -0.15) is 0 Å². The number of rotatable bonds is 4. The molecule has 0 aromatic heterocycles. The molecule has 2 saturated heterocycles. The topological polar surface area (TPSA) is 53.9 Å². The molecule has 3 aliphatic rings. The average Bonchev–Trinajstić information content (AvgIpc) is 2.94. The number of nitrogens with one attached hydrogen (secondary N) is 2. The Labute approximate surface area is 155 Å². The number of likely N-dealkylation sites (tertiary alicyclic amines) is 1. The van der Waals surface area contributed by atoms with Crippen molar-refractivity contribution in [1.82, 2.24) is 10.2 Å². The van der Waals surface area contributed by atoms with E-state index in [1.54, 1.807) is 0 Å². The lowest BCUT2D eigenvalue weighted by molar-refractivity contribution is -0.942. The van der Waals surface area contributed by atoms with Crippen molar-refractivity contribution in [1.29, 1.82) is 0 Å². The minimum Gasteiger partial charge on any atom is -0.319 e. The molecule has 4 atom stereocenters. The molecule has 3 amide bonds. The maximum Gasteiger partial charge on any atom is 0.329 e. The molecule has 0 radical (unpaired) electrons. The largest absolute Gasteiger partial charge is 0.329 e. The van der Waals surface area contributed by atoms with Crippen LogP contribution in [0.4, 0.5) is 4.79 Å². The first-order valence-corrected chi connectivity index (χ1v) is 10.2. The summed E-state index contributed by atoms with van der Waals surface area (Å²) in [6, 6.07) is 10.1. The van der Waals surface area contributed by atoms with Gasteiger partial charge in [0.2, 0.25) is 0 Å². The Balaban J connectivity index is 1.56. The number of piperidine rings is 1. The van der Waals surface area contributed by atoms with Crippen molar-refractivity contribution in [2.75, 3.05) is 13.2 Å². The van der Waals surface area contributed by atoms with Crippen LogP contribution in [0, 0.1) is 5.92 Å². The van der Waals surface area contributed by atoms with Gasteiger partial charge in [-0.05, 0) is 44.1 Å². The van der Waals surface area contributed by atoms with Crippen LogP contribution in [0.15, 0.2) is 30.3 Å². The number of nitrogens with zero attached hydrogens (tertiary/aromatic N) is 1. The van der Waals surface area contributed by atoms with Crippen LogP contribution in [-0.2, 0) is 10.3 Å². The van der Waals surface area contributed by atoms with Gasteiger partial charge in [0.05, 0.1) is 12.6 Å². The normalized spacial score (nSPS) is 34.5. The SMILES string of the molecule is CC[C@@]1(c2ccccc2)NC(=O)N(C[NH+]2CCC[C@H]3CCCC[C@@H]32)C1=O. The fraction of sp³-hybridized carbons (Fsp3) is 0.619. The molecular weight excluding hydrogens is 326 g/mol. The minimum absolute atomic E-state index is 0.0818. The molecule has 2 N–H and O–H groups in total. The molecule has 3 fully saturated rings. The van der Waals surface area contributed by atoms with Gasteiger partial charge in [-0.25, -0.2) is 9.69 Å². The molecule has 2 aliphatic heterocycles. The van der Waals surface area contributed by atoms with E-state index in [2.05, 4.69) is 5.32 Å². The van der Waals surface area contributed by atoms with Crippen molar-refractivity contribution in [3.63, 3.8) is 0 Å². The molecule has 0 spiro atoms. The molecule has 5 heteroatoms. The van der Waals surface area contributed by atoms with Crippen molar-refractivity contribution in [3.05, 3.63) is 35.9 Å². The molecule has 140 valence electrons. The first-order chi connectivity index (χ1) is 12.7. The van der Waals surface area contributed by atoms with Crippen LogP contribution in [0.3, 0.4) is 0 Å². The molecule has 2 heterocycles. The number of carbonyl (C=O) groups is 2. The number of urea groups is 1. The van der Waals surface area contributed by atoms with E-state index in [1.807, 2.05) is 37.3 Å². The first kappa shape index (κ1) is 17.5. The Bertz CT molecular complexity index is 675. The quantitative estimate of drug-likeness (QED) is 0.811. The van der Waals surface area contributed by atoms with E-state index < -0.39 is 5.54 Å². The Morgan fingerprint density at radius 3 is 2.62 bits per heavy atom. The Morgan fingerprint density at radius 1 is 1.12 bits per heavy atom. The third kappa shape index (κ3) is 2.82. The van der Waals surface area contributed by atoms with Crippen molar-refractivity contribution < 1.29 is 14.5 Å². The number of amides is 3. The van der Waals surface area contributed by atoms with Gasteiger partial charge < -0.3 is 10.2 Å². The van der Waals surface area contributed by atoms with E-state index in [9.17, 15) is 9.59 Å². The summed E-state index contributed by atoms with van der Waals surface area (Å²) < 4.78 is 0. The van der Waals surface area contributed by atoms with Gasteiger partial charge in [0.1, 0.15) is 5.54 Å². The molecule has 4 rings (SSSR count). The second-order valence-electron chi connectivity index (χ2n) is 8.15. The summed E-state index contributed by atoms with van der Waals surface area (Å²) in [6.07, 6.45) is 8.27. The maximum atomic E-state index is 13.3. The summed E-state index contributed by atoms with van der Waals surface area (Å²) in [7, 11) is 0. The van der Waals surface area contributed by atoms with Gasteiger partial charge in [-0.15, -0.1) is 0 Å². The second-order valence-corrected chi connectivity index (χ2v) is 8.15. The Hall–Kier alpha value is -1.88. The van der Waals surface area contributed by atoms with Gasteiger partial charge in [0.25, 0.3) is 5.91 Å². The number of fused-ring (bicyclic) bond motifs is 1. The highest BCUT2D eigenvalue weighted by Crippen LogP contribution is 2.32. The second kappa shape index (κ2) is 7.03. The predicted molar refractivity (Wildman–Crippen MR) is 99.5 cm³/mol.